The summed E-state index contributed by atoms with van der Waals surface area (Å²) in [6.07, 6.45) is 5.18. The minimum Gasteiger partial charge on any atom is -0.445 e. The molecule has 0 spiro atoms. The number of nitrogens with zero attached hydrogens (tertiary/aromatic N) is 3. The zero-order valence-electron chi connectivity index (χ0n) is 16.7. The molecule has 2 aromatic heterocycles. The molecule has 1 aromatic carbocycles. The molecule has 1 unspecified atom stereocenters. The molecule has 1 saturated heterocycles. The molecular formula is C22H25ClN4O2. The van der Waals surface area contributed by atoms with Crippen LogP contribution in [0.5, 0.6) is 0 Å². The molecule has 4 rings (SSSR count). The summed E-state index contributed by atoms with van der Waals surface area (Å²) in [7, 11) is 0. The average molecular weight is 413 g/mol. The van der Waals surface area contributed by atoms with Crippen LogP contribution in [0.3, 0.4) is 0 Å². The van der Waals surface area contributed by atoms with E-state index in [1.165, 1.54) is 0 Å². The second kappa shape index (κ2) is 8.41. The third kappa shape index (κ3) is 4.22. The number of oxazole rings is 1. The quantitative estimate of drug-likeness (QED) is 0.667. The standard InChI is InChI=1S/C22H25ClN4O2/c1-3-19-14(2)20(26-25-19)22(28)27-10-4-5-16(13-27)21-24-12-18(29-21)11-15-6-8-17(23)9-7-15/h6-9,12,16H,3-5,10-11,13H2,1-2H3,(H,25,26). The van der Waals surface area contributed by atoms with Crippen molar-refractivity contribution in [3.05, 3.63) is 69.7 Å². The molecule has 1 amide bonds. The maximum Gasteiger partial charge on any atom is 0.274 e. The first kappa shape index (κ1) is 19.7. The van der Waals surface area contributed by atoms with Crippen LogP contribution < -0.4 is 0 Å². The molecule has 0 saturated carbocycles. The molecule has 6 nitrogen and oxygen atoms in total. The molecule has 1 fully saturated rings. The van der Waals surface area contributed by atoms with Crippen molar-refractivity contribution < 1.29 is 9.21 Å². The number of halogens is 1. The van der Waals surface area contributed by atoms with Crippen molar-refractivity contribution in [3.63, 3.8) is 0 Å². The van der Waals surface area contributed by atoms with Crippen LogP contribution >= 0.6 is 11.6 Å². The Bertz CT molecular complexity index is 993. The zero-order valence-corrected chi connectivity index (χ0v) is 17.5. The highest BCUT2D eigenvalue weighted by molar-refractivity contribution is 6.30. The summed E-state index contributed by atoms with van der Waals surface area (Å²) in [4.78, 5) is 19.4. The second-order valence-electron chi connectivity index (χ2n) is 7.59. The van der Waals surface area contributed by atoms with Gasteiger partial charge in [0.2, 0.25) is 0 Å². The Morgan fingerprint density at radius 2 is 2.14 bits per heavy atom. The summed E-state index contributed by atoms with van der Waals surface area (Å²) >= 11 is 5.95. The van der Waals surface area contributed by atoms with Crippen LogP contribution in [-0.2, 0) is 12.8 Å². The van der Waals surface area contributed by atoms with E-state index in [0.29, 0.717) is 24.6 Å². The van der Waals surface area contributed by atoms with E-state index < -0.39 is 0 Å². The highest BCUT2D eigenvalue weighted by Gasteiger charge is 2.30. The number of hydrogen-bond donors (Lipinski definition) is 1. The molecule has 1 aliphatic rings. The molecule has 152 valence electrons. The Hall–Kier alpha value is -2.60. The number of piperidine rings is 1. The predicted molar refractivity (Wildman–Crippen MR) is 111 cm³/mol. The number of nitrogens with one attached hydrogen (secondary N) is 1. The summed E-state index contributed by atoms with van der Waals surface area (Å²) in [5, 5.41) is 7.95. The number of carbonyl (C=O) groups is 1. The van der Waals surface area contributed by atoms with Gasteiger partial charge in [-0.15, -0.1) is 0 Å². The summed E-state index contributed by atoms with van der Waals surface area (Å²) in [6, 6.07) is 7.73. The Morgan fingerprint density at radius 1 is 1.34 bits per heavy atom. The lowest BCUT2D eigenvalue weighted by Crippen LogP contribution is -2.39. The van der Waals surface area contributed by atoms with Crippen molar-refractivity contribution in [1.29, 1.82) is 0 Å². The molecule has 29 heavy (non-hydrogen) atoms. The lowest BCUT2D eigenvalue weighted by molar-refractivity contribution is 0.0691. The molecular weight excluding hydrogens is 388 g/mol. The van der Waals surface area contributed by atoms with Gasteiger partial charge in [-0.1, -0.05) is 30.7 Å². The topological polar surface area (TPSA) is 75.0 Å². The van der Waals surface area contributed by atoms with E-state index in [1.807, 2.05) is 36.1 Å². The fourth-order valence-corrected chi connectivity index (χ4v) is 4.02. The van der Waals surface area contributed by atoms with E-state index in [1.54, 1.807) is 6.20 Å². The van der Waals surface area contributed by atoms with Gasteiger partial charge < -0.3 is 9.32 Å². The second-order valence-corrected chi connectivity index (χ2v) is 8.02. The minimum absolute atomic E-state index is 0.0175. The Kier molecular flexibility index (Phi) is 5.72. The van der Waals surface area contributed by atoms with E-state index in [9.17, 15) is 4.79 Å². The number of benzene rings is 1. The number of H-pyrrole nitrogens is 1. The van der Waals surface area contributed by atoms with Crippen molar-refractivity contribution in [2.75, 3.05) is 13.1 Å². The summed E-state index contributed by atoms with van der Waals surface area (Å²) in [6.45, 7) is 5.35. The van der Waals surface area contributed by atoms with Crippen molar-refractivity contribution in [2.24, 2.45) is 0 Å². The predicted octanol–water partition coefficient (Wildman–Crippen LogP) is 4.53. The molecule has 1 N–H and O–H groups in total. The van der Waals surface area contributed by atoms with Crippen LogP contribution in [0, 0.1) is 6.92 Å². The molecule has 1 aliphatic heterocycles. The first-order valence-corrected chi connectivity index (χ1v) is 10.4. The van der Waals surface area contributed by atoms with Gasteiger partial charge in [0, 0.05) is 35.8 Å². The number of aromatic amines is 1. The van der Waals surface area contributed by atoms with Crippen molar-refractivity contribution in [3.8, 4) is 0 Å². The van der Waals surface area contributed by atoms with Crippen LogP contribution in [0.4, 0.5) is 0 Å². The van der Waals surface area contributed by atoms with Gasteiger partial charge in [-0.3, -0.25) is 9.89 Å². The van der Waals surface area contributed by atoms with Gasteiger partial charge in [-0.2, -0.15) is 5.10 Å². The third-order valence-electron chi connectivity index (χ3n) is 5.59. The highest BCUT2D eigenvalue weighted by atomic mass is 35.5. The third-order valence-corrected chi connectivity index (χ3v) is 5.84. The van der Waals surface area contributed by atoms with Crippen molar-refractivity contribution in [1.82, 2.24) is 20.1 Å². The van der Waals surface area contributed by atoms with Crippen LogP contribution in [0.2, 0.25) is 5.02 Å². The molecule has 0 radical (unpaired) electrons. The van der Waals surface area contributed by atoms with Crippen LogP contribution in [0.25, 0.3) is 0 Å². The monoisotopic (exact) mass is 412 g/mol. The first-order valence-electron chi connectivity index (χ1n) is 10.1. The molecule has 7 heteroatoms. The van der Waals surface area contributed by atoms with Crippen molar-refractivity contribution >= 4 is 17.5 Å². The van der Waals surface area contributed by atoms with Crippen LogP contribution in [0.15, 0.2) is 34.9 Å². The number of aromatic nitrogens is 3. The Morgan fingerprint density at radius 3 is 2.86 bits per heavy atom. The number of aryl methyl sites for hydroxylation is 1. The maximum atomic E-state index is 13.0. The fourth-order valence-electron chi connectivity index (χ4n) is 3.90. The van der Waals surface area contributed by atoms with Crippen LogP contribution in [0.1, 0.15) is 64.6 Å². The maximum absolute atomic E-state index is 13.0. The molecule has 0 aliphatic carbocycles. The minimum atomic E-state index is -0.0175. The van der Waals surface area contributed by atoms with E-state index in [2.05, 4.69) is 22.1 Å². The van der Waals surface area contributed by atoms with E-state index >= 15 is 0 Å². The lowest BCUT2D eigenvalue weighted by Gasteiger charge is -2.31. The van der Waals surface area contributed by atoms with Crippen LogP contribution in [-0.4, -0.2) is 39.1 Å². The Labute approximate surface area is 175 Å². The molecule has 3 aromatic rings. The van der Waals surface area contributed by atoms with Gasteiger partial charge in [-0.25, -0.2) is 4.98 Å². The van der Waals surface area contributed by atoms with Gasteiger partial charge in [0.1, 0.15) is 5.76 Å². The van der Waals surface area contributed by atoms with E-state index in [4.69, 9.17) is 16.0 Å². The van der Waals surface area contributed by atoms with Gasteiger partial charge in [0.15, 0.2) is 11.6 Å². The normalized spacial score (nSPS) is 16.9. The molecule has 0 bridgehead atoms. The number of likely N-dealkylation sites (tertiary alicyclic amines) is 1. The summed E-state index contributed by atoms with van der Waals surface area (Å²) in [5.74, 6) is 1.62. The molecule has 3 heterocycles. The average Bonchev–Trinajstić information content (AvgIpc) is 3.36. The number of hydrogen-bond acceptors (Lipinski definition) is 4. The van der Waals surface area contributed by atoms with E-state index in [0.717, 1.165) is 53.4 Å². The number of amides is 1. The lowest BCUT2D eigenvalue weighted by atomic mass is 9.97. The SMILES string of the molecule is CCc1[nH]nc(C(=O)N2CCCC(c3ncc(Cc4ccc(Cl)cc4)o3)C2)c1C. The Balaban J connectivity index is 1.44. The van der Waals surface area contributed by atoms with Gasteiger partial charge in [-0.05, 0) is 43.9 Å². The smallest absolute Gasteiger partial charge is 0.274 e. The highest BCUT2D eigenvalue weighted by Crippen LogP contribution is 2.28. The van der Waals surface area contributed by atoms with Gasteiger partial charge in [0.25, 0.3) is 5.91 Å². The van der Waals surface area contributed by atoms with E-state index in [-0.39, 0.29) is 11.8 Å². The van der Waals surface area contributed by atoms with Gasteiger partial charge >= 0.3 is 0 Å². The largest absolute Gasteiger partial charge is 0.445 e. The summed E-state index contributed by atoms with van der Waals surface area (Å²) in [5.41, 5.74) is 3.61. The summed E-state index contributed by atoms with van der Waals surface area (Å²) < 4.78 is 6.03. The zero-order chi connectivity index (χ0) is 20.4. The van der Waals surface area contributed by atoms with Gasteiger partial charge in [0.05, 0.1) is 12.1 Å². The number of carbonyl (C=O) groups excluding carboxylic acids is 1. The fraction of sp³-hybridized carbons (Fsp3) is 0.409. The number of rotatable bonds is 5. The molecule has 1 atom stereocenters. The first-order chi connectivity index (χ1) is 14.0. The van der Waals surface area contributed by atoms with Crippen molar-refractivity contribution in [2.45, 2.75) is 45.4 Å².